The van der Waals surface area contributed by atoms with E-state index in [0.717, 1.165) is 0 Å². The van der Waals surface area contributed by atoms with E-state index in [0.29, 0.717) is 18.2 Å². The predicted octanol–water partition coefficient (Wildman–Crippen LogP) is 1.13. The van der Waals surface area contributed by atoms with E-state index >= 15 is 0 Å². The van der Waals surface area contributed by atoms with Crippen molar-refractivity contribution >= 4 is 10.0 Å². The van der Waals surface area contributed by atoms with Crippen LogP contribution < -0.4 is 15.2 Å². The number of ether oxygens (including phenoxy) is 1. The molecule has 1 aromatic heterocycles. The van der Waals surface area contributed by atoms with Crippen molar-refractivity contribution in [3.63, 3.8) is 0 Å². The van der Waals surface area contributed by atoms with Crippen LogP contribution in [0.15, 0.2) is 23.2 Å². The van der Waals surface area contributed by atoms with Gasteiger partial charge in [-0.2, -0.15) is 0 Å². The van der Waals surface area contributed by atoms with Gasteiger partial charge in [0.25, 0.3) is 0 Å². The average molecular weight is 301 g/mol. The van der Waals surface area contributed by atoms with Gasteiger partial charge in [0.2, 0.25) is 15.9 Å². The molecule has 0 saturated carbocycles. The summed E-state index contributed by atoms with van der Waals surface area (Å²) in [6.45, 7) is 6.09. The Balaban J connectivity index is 2.97. The van der Waals surface area contributed by atoms with Crippen LogP contribution in [0.4, 0.5) is 0 Å². The van der Waals surface area contributed by atoms with E-state index in [2.05, 4.69) is 9.71 Å². The summed E-state index contributed by atoms with van der Waals surface area (Å²) in [6, 6.07) is 2.97. The Kier molecular flexibility index (Phi) is 5.50. The van der Waals surface area contributed by atoms with Crippen molar-refractivity contribution in [1.82, 2.24) is 9.71 Å². The van der Waals surface area contributed by atoms with E-state index < -0.39 is 15.6 Å². The maximum Gasteiger partial charge on any atom is 0.242 e. The van der Waals surface area contributed by atoms with Gasteiger partial charge in [-0.3, -0.25) is 0 Å². The Bertz CT molecular complexity index is 528. The molecular formula is C13H23N3O3S. The third-order valence-corrected chi connectivity index (χ3v) is 4.54. The number of nitrogens with two attached hydrogens (primary N) is 1. The molecule has 0 aromatic carbocycles. The van der Waals surface area contributed by atoms with E-state index in [9.17, 15) is 8.42 Å². The van der Waals surface area contributed by atoms with Gasteiger partial charge in [-0.1, -0.05) is 13.8 Å². The predicted molar refractivity (Wildman–Crippen MR) is 78.0 cm³/mol. The maximum atomic E-state index is 12.3. The van der Waals surface area contributed by atoms with Gasteiger partial charge in [0, 0.05) is 18.2 Å². The van der Waals surface area contributed by atoms with E-state index in [1.165, 1.54) is 25.4 Å². The van der Waals surface area contributed by atoms with Crippen LogP contribution in [0.1, 0.15) is 27.2 Å². The summed E-state index contributed by atoms with van der Waals surface area (Å²) in [5.74, 6) is 0.702. The number of pyridine rings is 1. The third-order valence-electron chi connectivity index (χ3n) is 2.92. The lowest BCUT2D eigenvalue weighted by Crippen LogP contribution is -2.51. The number of hydrogen-bond donors (Lipinski definition) is 2. The van der Waals surface area contributed by atoms with Crippen molar-refractivity contribution in [2.45, 2.75) is 37.6 Å². The second-order valence-electron chi connectivity index (χ2n) is 5.50. The van der Waals surface area contributed by atoms with Crippen molar-refractivity contribution in [3.05, 3.63) is 18.3 Å². The molecular weight excluding hydrogens is 278 g/mol. The first kappa shape index (κ1) is 16.9. The van der Waals surface area contributed by atoms with Crippen LogP contribution in [0.5, 0.6) is 5.88 Å². The molecule has 6 nitrogen and oxygen atoms in total. The molecule has 1 aromatic rings. The fourth-order valence-corrected chi connectivity index (χ4v) is 3.47. The minimum atomic E-state index is -3.65. The number of rotatable bonds is 7. The molecule has 0 bridgehead atoms. The number of hydrogen-bond acceptors (Lipinski definition) is 5. The van der Waals surface area contributed by atoms with Crippen LogP contribution in [0.2, 0.25) is 0 Å². The first-order valence-corrected chi connectivity index (χ1v) is 7.95. The van der Waals surface area contributed by atoms with Crippen LogP contribution in [-0.2, 0) is 10.0 Å². The molecule has 0 radical (unpaired) electrons. The Morgan fingerprint density at radius 1 is 1.45 bits per heavy atom. The van der Waals surface area contributed by atoms with Gasteiger partial charge in [0.1, 0.15) is 4.90 Å². The Morgan fingerprint density at radius 2 is 2.10 bits per heavy atom. The molecule has 0 spiro atoms. The maximum absolute atomic E-state index is 12.3. The monoisotopic (exact) mass is 301 g/mol. The molecule has 0 aliphatic rings. The van der Waals surface area contributed by atoms with Gasteiger partial charge in [0.05, 0.1) is 13.3 Å². The molecule has 0 aliphatic carbocycles. The molecule has 20 heavy (non-hydrogen) atoms. The number of nitrogens with zero attached hydrogens (tertiary/aromatic N) is 1. The molecule has 0 fully saturated rings. The number of sulfonamides is 1. The van der Waals surface area contributed by atoms with Crippen molar-refractivity contribution in [2.24, 2.45) is 11.7 Å². The summed E-state index contributed by atoms with van der Waals surface area (Å²) in [5.41, 5.74) is 5.05. The zero-order valence-corrected chi connectivity index (χ0v) is 13.2. The number of nitrogens with one attached hydrogen (secondary N) is 1. The minimum absolute atomic E-state index is 0.0988. The summed E-state index contributed by atoms with van der Waals surface area (Å²) < 4.78 is 32.3. The van der Waals surface area contributed by atoms with Gasteiger partial charge in [-0.05, 0) is 25.3 Å². The van der Waals surface area contributed by atoms with Gasteiger partial charge in [0.15, 0.2) is 0 Å². The molecule has 1 heterocycles. The number of aromatic nitrogens is 1. The van der Waals surface area contributed by atoms with Crippen molar-refractivity contribution < 1.29 is 13.2 Å². The van der Waals surface area contributed by atoms with E-state index in [-0.39, 0.29) is 11.4 Å². The quantitative estimate of drug-likeness (QED) is 0.787. The van der Waals surface area contributed by atoms with E-state index in [1.54, 1.807) is 0 Å². The molecule has 1 rings (SSSR count). The fraction of sp³-hybridized carbons (Fsp3) is 0.615. The lowest BCUT2D eigenvalue weighted by Gasteiger charge is -2.30. The second-order valence-corrected chi connectivity index (χ2v) is 7.19. The molecule has 0 saturated heterocycles. The van der Waals surface area contributed by atoms with Crippen molar-refractivity contribution in [3.8, 4) is 5.88 Å². The SMILES string of the molecule is COc1ccc(S(=O)(=O)NC(C)(CN)CC(C)C)cn1. The first-order valence-electron chi connectivity index (χ1n) is 6.46. The molecule has 7 heteroatoms. The lowest BCUT2D eigenvalue weighted by atomic mass is 9.92. The topological polar surface area (TPSA) is 94.3 Å². The normalized spacial score (nSPS) is 15.1. The Labute approximate surface area is 120 Å². The van der Waals surface area contributed by atoms with Crippen molar-refractivity contribution in [1.29, 1.82) is 0 Å². The first-order chi connectivity index (χ1) is 9.22. The third kappa shape index (κ3) is 4.43. The molecule has 0 aliphatic heterocycles. The van der Waals surface area contributed by atoms with Crippen LogP contribution >= 0.6 is 0 Å². The largest absolute Gasteiger partial charge is 0.481 e. The highest BCUT2D eigenvalue weighted by Crippen LogP contribution is 2.19. The standard InChI is InChI=1S/C13H23N3O3S/c1-10(2)7-13(3,9-14)16-20(17,18)11-5-6-12(19-4)15-8-11/h5-6,8,10,16H,7,9,14H2,1-4H3. The average Bonchev–Trinajstić information content (AvgIpc) is 2.37. The second kappa shape index (κ2) is 6.51. The van der Waals surface area contributed by atoms with Gasteiger partial charge >= 0.3 is 0 Å². The van der Waals surface area contributed by atoms with Gasteiger partial charge in [-0.15, -0.1) is 0 Å². The highest BCUT2D eigenvalue weighted by Gasteiger charge is 2.30. The van der Waals surface area contributed by atoms with Crippen LogP contribution in [0.3, 0.4) is 0 Å². The summed E-state index contributed by atoms with van der Waals surface area (Å²) in [7, 11) is -2.17. The molecule has 1 atom stereocenters. The highest BCUT2D eigenvalue weighted by molar-refractivity contribution is 7.89. The van der Waals surface area contributed by atoms with Crippen LogP contribution in [0.25, 0.3) is 0 Å². The summed E-state index contributed by atoms with van der Waals surface area (Å²) in [6.07, 6.45) is 1.93. The lowest BCUT2D eigenvalue weighted by molar-refractivity contribution is 0.344. The Hall–Kier alpha value is -1.18. The zero-order valence-electron chi connectivity index (χ0n) is 12.4. The Morgan fingerprint density at radius 3 is 2.50 bits per heavy atom. The van der Waals surface area contributed by atoms with Gasteiger partial charge < -0.3 is 10.5 Å². The summed E-state index contributed by atoms with van der Waals surface area (Å²) in [4.78, 5) is 4.01. The van der Waals surface area contributed by atoms with Crippen molar-refractivity contribution in [2.75, 3.05) is 13.7 Å². The molecule has 3 N–H and O–H groups in total. The van der Waals surface area contributed by atoms with Crippen LogP contribution in [-0.4, -0.2) is 32.6 Å². The molecule has 114 valence electrons. The fourth-order valence-electron chi connectivity index (χ4n) is 2.10. The van der Waals surface area contributed by atoms with Crippen LogP contribution in [0, 0.1) is 5.92 Å². The number of methoxy groups -OCH3 is 1. The minimum Gasteiger partial charge on any atom is -0.481 e. The van der Waals surface area contributed by atoms with E-state index in [4.69, 9.17) is 10.5 Å². The van der Waals surface area contributed by atoms with E-state index in [1.807, 2.05) is 20.8 Å². The molecule has 0 amide bonds. The highest BCUT2D eigenvalue weighted by atomic mass is 32.2. The van der Waals surface area contributed by atoms with Gasteiger partial charge in [-0.25, -0.2) is 18.1 Å². The summed E-state index contributed by atoms with van der Waals surface area (Å²) >= 11 is 0. The summed E-state index contributed by atoms with van der Waals surface area (Å²) in [5, 5.41) is 0. The smallest absolute Gasteiger partial charge is 0.242 e. The molecule has 1 unspecified atom stereocenters. The zero-order chi connectivity index (χ0) is 15.4.